The summed E-state index contributed by atoms with van der Waals surface area (Å²) in [5.74, 6) is 0.632. The average Bonchev–Trinajstić information content (AvgIpc) is 2.46. The van der Waals surface area contributed by atoms with Crippen LogP contribution in [0.4, 0.5) is 0 Å². The summed E-state index contributed by atoms with van der Waals surface area (Å²) in [6.45, 7) is 2.15. The summed E-state index contributed by atoms with van der Waals surface area (Å²) in [6, 6.07) is 9.65. The van der Waals surface area contributed by atoms with Crippen LogP contribution in [0.3, 0.4) is 0 Å². The van der Waals surface area contributed by atoms with E-state index in [0.717, 1.165) is 0 Å². The van der Waals surface area contributed by atoms with Gasteiger partial charge in [0.25, 0.3) is 5.91 Å². The molecule has 0 spiro atoms. The topological polar surface area (TPSA) is 41.1 Å². The van der Waals surface area contributed by atoms with Crippen molar-refractivity contribution in [2.75, 3.05) is 0 Å². The summed E-state index contributed by atoms with van der Waals surface area (Å²) >= 11 is 0. The first kappa shape index (κ1) is 13.1. The molecule has 1 aliphatic rings. The average molecular weight is 246 g/mol. The van der Waals surface area contributed by atoms with Gasteiger partial charge in [0.05, 0.1) is 0 Å². The Kier molecular flexibility index (Phi) is 4.76. The Morgan fingerprint density at radius 3 is 2.50 bits per heavy atom. The van der Waals surface area contributed by atoms with E-state index < -0.39 is 0 Å². The molecule has 2 N–H and O–H groups in total. The van der Waals surface area contributed by atoms with Crippen LogP contribution in [0.15, 0.2) is 30.3 Å². The number of nitrogens with one attached hydrogen (secondary N) is 2. The molecule has 0 radical (unpaired) electrons. The minimum atomic E-state index is -0.0572. The number of hydrogen-bond acceptors (Lipinski definition) is 2. The highest BCUT2D eigenvalue weighted by atomic mass is 16.2. The van der Waals surface area contributed by atoms with Gasteiger partial charge in [-0.15, -0.1) is 0 Å². The van der Waals surface area contributed by atoms with Crippen molar-refractivity contribution in [3.05, 3.63) is 35.9 Å². The lowest BCUT2D eigenvalue weighted by atomic mass is 9.85. The van der Waals surface area contributed by atoms with Gasteiger partial charge in [0.1, 0.15) is 0 Å². The van der Waals surface area contributed by atoms with E-state index in [9.17, 15) is 4.79 Å². The Labute approximate surface area is 109 Å². The first-order chi connectivity index (χ1) is 8.77. The fourth-order valence-electron chi connectivity index (χ4n) is 2.59. The van der Waals surface area contributed by atoms with Crippen molar-refractivity contribution in [1.82, 2.24) is 10.9 Å². The van der Waals surface area contributed by atoms with Gasteiger partial charge < -0.3 is 0 Å². The molecule has 1 aromatic carbocycles. The third-order valence-corrected chi connectivity index (χ3v) is 3.81. The number of amides is 1. The Morgan fingerprint density at radius 2 is 1.83 bits per heavy atom. The van der Waals surface area contributed by atoms with Crippen molar-refractivity contribution in [2.45, 2.75) is 45.1 Å². The third-order valence-electron chi connectivity index (χ3n) is 3.81. The summed E-state index contributed by atoms with van der Waals surface area (Å²) < 4.78 is 0. The Balaban J connectivity index is 1.78. The van der Waals surface area contributed by atoms with Crippen molar-refractivity contribution >= 4 is 5.91 Å². The van der Waals surface area contributed by atoms with E-state index in [4.69, 9.17) is 0 Å². The molecule has 1 atom stereocenters. The first-order valence-electron chi connectivity index (χ1n) is 6.88. The number of rotatable bonds is 4. The van der Waals surface area contributed by atoms with Crippen LogP contribution in [0.2, 0.25) is 0 Å². The molecule has 1 aliphatic carbocycles. The van der Waals surface area contributed by atoms with E-state index in [1.807, 2.05) is 30.3 Å². The van der Waals surface area contributed by atoms with E-state index in [1.165, 1.54) is 32.1 Å². The third kappa shape index (κ3) is 3.57. The molecule has 0 aliphatic heterocycles. The zero-order chi connectivity index (χ0) is 12.8. The predicted octanol–water partition coefficient (Wildman–Crippen LogP) is 2.89. The minimum absolute atomic E-state index is 0.0572. The summed E-state index contributed by atoms with van der Waals surface area (Å²) in [5, 5.41) is 0. The van der Waals surface area contributed by atoms with Crippen molar-refractivity contribution in [3.8, 4) is 0 Å². The molecule has 1 unspecified atom stereocenters. The standard InChI is InChI=1S/C15H22N2O/c1-12(13-8-4-2-5-9-13)16-17-15(18)14-10-6-3-7-11-14/h3,6-7,10-13,16H,2,4-5,8-9H2,1H3,(H,17,18). The molecule has 2 rings (SSSR count). The molecular weight excluding hydrogens is 224 g/mol. The molecule has 1 amide bonds. The van der Waals surface area contributed by atoms with Crippen molar-refractivity contribution in [3.63, 3.8) is 0 Å². The maximum atomic E-state index is 11.9. The van der Waals surface area contributed by atoms with E-state index >= 15 is 0 Å². The number of benzene rings is 1. The second-order valence-electron chi connectivity index (χ2n) is 5.15. The Bertz CT molecular complexity index is 371. The van der Waals surface area contributed by atoms with Gasteiger partial charge in [-0.1, -0.05) is 37.5 Å². The van der Waals surface area contributed by atoms with Crippen LogP contribution in [-0.4, -0.2) is 11.9 Å². The number of carbonyl (C=O) groups excluding carboxylic acids is 1. The molecule has 98 valence electrons. The van der Waals surface area contributed by atoms with Gasteiger partial charge in [0.2, 0.25) is 0 Å². The molecule has 1 saturated carbocycles. The van der Waals surface area contributed by atoms with Crippen molar-refractivity contribution in [1.29, 1.82) is 0 Å². The summed E-state index contributed by atoms with van der Waals surface area (Å²) in [7, 11) is 0. The fraction of sp³-hybridized carbons (Fsp3) is 0.533. The predicted molar refractivity (Wildman–Crippen MR) is 73.1 cm³/mol. The van der Waals surface area contributed by atoms with Crippen LogP contribution in [0.1, 0.15) is 49.4 Å². The summed E-state index contributed by atoms with van der Waals surface area (Å²) in [4.78, 5) is 11.9. The van der Waals surface area contributed by atoms with Gasteiger partial charge >= 0.3 is 0 Å². The molecule has 1 fully saturated rings. The van der Waals surface area contributed by atoms with Gasteiger partial charge in [0.15, 0.2) is 0 Å². The fourth-order valence-corrected chi connectivity index (χ4v) is 2.59. The van der Waals surface area contributed by atoms with Crippen LogP contribution >= 0.6 is 0 Å². The molecule has 0 bridgehead atoms. The van der Waals surface area contributed by atoms with E-state index in [2.05, 4.69) is 17.8 Å². The monoisotopic (exact) mass is 246 g/mol. The quantitative estimate of drug-likeness (QED) is 0.802. The number of hydrazine groups is 1. The van der Waals surface area contributed by atoms with Crippen LogP contribution < -0.4 is 10.9 Å². The van der Waals surface area contributed by atoms with E-state index in [1.54, 1.807) is 0 Å². The highest BCUT2D eigenvalue weighted by Crippen LogP contribution is 2.25. The normalized spacial score (nSPS) is 18.3. The molecular formula is C15H22N2O. The highest BCUT2D eigenvalue weighted by Gasteiger charge is 2.20. The molecule has 3 nitrogen and oxygen atoms in total. The molecule has 18 heavy (non-hydrogen) atoms. The molecule has 3 heteroatoms. The van der Waals surface area contributed by atoms with E-state index in [0.29, 0.717) is 17.5 Å². The largest absolute Gasteiger partial charge is 0.287 e. The zero-order valence-electron chi connectivity index (χ0n) is 11.0. The minimum Gasteiger partial charge on any atom is -0.287 e. The maximum absolute atomic E-state index is 11.9. The van der Waals surface area contributed by atoms with Crippen molar-refractivity contribution in [2.24, 2.45) is 5.92 Å². The lowest BCUT2D eigenvalue weighted by molar-refractivity contribution is 0.0915. The Hall–Kier alpha value is -1.35. The molecule has 0 saturated heterocycles. The number of carbonyl (C=O) groups is 1. The van der Waals surface area contributed by atoms with E-state index in [-0.39, 0.29) is 5.91 Å². The second-order valence-corrected chi connectivity index (χ2v) is 5.15. The van der Waals surface area contributed by atoms with Crippen LogP contribution in [0.5, 0.6) is 0 Å². The second kappa shape index (κ2) is 6.55. The number of hydrogen-bond donors (Lipinski definition) is 2. The van der Waals surface area contributed by atoms with Gasteiger partial charge in [-0.2, -0.15) is 0 Å². The lowest BCUT2D eigenvalue weighted by Gasteiger charge is -2.28. The zero-order valence-corrected chi connectivity index (χ0v) is 11.0. The van der Waals surface area contributed by atoms with Crippen LogP contribution in [0.25, 0.3) is 0 Å². The van der Waals surface area contributed by atoms with Crippen LogP contribution in [-0.2, 0) is 0 Å². The van der Waals surface area contributed by atoms with Gasteiger partial charge in [0, 0.05) is 11.6 Å². The summed E-state index contributed by atoms with van der Waals surface area (Å²) in [5.41, 5.74) is 6.65. The highest BCUT2D eigenvalue weighted by molar-refractivity contribution is 5.93. The van der Waals surface area contributed by atoms with Gasteiger partial charge in [-0.3, -0.25) is 10.2 Å². The smallest absolute Gasteiger partial charge is 0.265 e. The SMILES string of the molecule is CC(NNC(=O)c1ccccc1)C1CCCCC1. The lowest BCUT2D eigenvalue weighted by Crippen LogP contribution is -2.46. The summed E-state index contributed by atoms with van der Waals surface area (Å²) in [6.07, 6.45) is 6.55. The van der Waals surface area contributed by atoms with Crippen molar-refractivity contribution < 1.29 is 4.79 Å². The molecule has 1 aromatic rings. The maximum Gasteiger partial charge on any atom is 0.265 e. The Morgan fingerprint density at radius 1 is 1.17 bits per heavy atom. The van der Waals surface area contributed by atoms with Gasteiger partial charge in [-0.05, 0) is 37.8 Å². The first-order valence-corrected chi connectivity index (χ1v) is 6.88. The van der Waals surface area contributed by atoms with Gasteiger partial charge in [-0.25, -0.2) is 5.43 Å². The molecule has 0 heterocycles. The van der Waals surface area contributed by atoms with Crippen LogP contribution in [0, 0.1) is 5.92 Å². The molecule has 0 aromatic heterocycles.